The highest BCUT2D eigenvalue weighted by Gasteiger charge is 2.38. The average Bonchev–Trinajstić information content (AvgIpc) is 3.62. The van der Waals surface area contributed by atoms with Crippen molar-refractivity contribution in [3.05, 3.63) is 57.0 Å². The minimum atomic E-state index is -3.65. The largest absolute Gasteiger partial charge is 0.350 e. The van der Waals surface area contributed by atoms with E-state index in [0.717, 1.165) is 51.7 Å². The lowest BCUT2D eigenvalue weighted by atomic mass is 10.0. The molecular weight excluding hydrogens is 568 g/mol. The number of nitrogens with one attached hydrogen (secondary N) is 1. The second kappa shape index (κ2) is 9.88. The van der Waals surface area contributed by atoms with E-state index in [2.05, 4.69) is 21.2 Å². The maximum atomic E-state index is 12.9. The number of likely N-dealkylation sites (N-methyl/N-ethyl adjacent to an activating group) is 1. The van der Waals surface area contributed by atoms with Crippen molar-refractivity contribution in [3.8, 4) is 0 Å². The Morgan fingerprint density at radius 2 is 1.69 bits per heavy atom. The van der Waals surface area contributed by atoms with Gasteiger partial charge < -0.3 is 5.32 Å². The van der Waals surface area contributed by atoms with Gasteiger partial charge in [0, 0.05) is 49.9 Å². The van der Waals surface area contributed by atoms with E-state index in [1.807, 2.05) is 41.0 Å². The number of hydrogen-bond acceptors (Lipinski definition) is 5. The predicted molar refractivity (Wildman–Crippen MR) is 144 cm³/mol. The van der Waals surface area contributed by atoms with E-state index >= 15 is 0 Å². The van der Waals surface area contributed by atoms with Gasteiger partial charge in [0.05, 0.1) is 18.2 Å². The Morgan fingerprint density at radius 3 is 2.22 bits per heavy atom. The fourth-order valence-electron chi connectivity index (χ4n) is 4.36. The number of fused-ring (bicyclic) bond motifs is 1. The highest BCUT2D eigenvalue weighted by atomic mass is 79.9. The summed E-state index contributed by atoms with van der Waals surface area (Å²) in [5.74, 6) is 0.00427. The third kappa shape index (κ3) is 5.36. The van der Waals surface area contributed by atoms with E-state index in [0.29, 0.717) is 17.8 Å². The molecule has 0 unspecified atom stereocenters. The Hall–Kier alpha value is -2.28. The van der Waals surface area contributed by atoms with Crippen LogP contribution in [-0.2, 0) is 24.8 Å². The number of carbonyl (C=O) groups is 1. The number of nitrogens with zero attached hydrogens (tertiary/aromatic N) is 3. The highest BCUT2D eigenvalue weighted by Crippen LogP contribution is 2.44. The van der Waals surface area contributed by atoms with Crippen LogP contribution in [0.4, 0.5) is 11.4 Å². The molecule has 9 nitrogen and oxygen atoms in total. The Balaban J connectivity index is 1.85. The second-order valence-corrected chi connectivity index (χ2v) is 14.1. The standard InChI is InChI=1S/C24H29BrN4O5S2/c1-26-24(30)23-20-14-19(16-6-7-16)21(15-22(20)29(23)18-10-8-17(25)9-11-18)28(36(4,33)34)13-5-12-27(2)35(3,31)32/h8-11,14-16H,5-7,12-13H2,1-4H3/p+1. The summed E-state index contributed by atoms with van der Waals surface area (Å²) < 4.78 is 54.7. The van der Waals surface area contributed by atoms with Crippen molar-refractivity contribution in [1.82, 2.24) is 14.2 Å². The number of sulfonamides is 2. The molecular formula is C24H30BrN4O5S2+. The SMILES string of the molecule is CNC(=O)C1=c2cc(C3CC3)c(N(CCCN(C)S(C)(=O)=O)S(C)(=O)=O)cc2=[N+]1c1ccc(Br)cc1. The van der Waals surface area contributed by atoms with Gasteiger partial charge in [0.2, 0.25) is 31.1 Å². The van der Waals surface area contributed by atoms with E-state index in [9.17, 15) is 21.6 Å². The van der Waals surface area contributed by atoms with Crippen LogP contribution in [0.5, 0.6) is 0 Å². The predicted octanol–water partition coefficient (Wildman–Crippen LogP) is 1.06. The molecule has 0 radical (unpaired) electrons. The second-order valence-electron chi connectivity index (χ2n) is 9.22. The summed E-state index contributed by atoms with van der Waals surface area (Å²) in [5, 5.41) is 4.24. The van der Waals surface area contributed by atoms with E-state index in [1.54, 1.807) is 7.05 Å². The summed E-state index contributed by atoms with van der Waals surface area (Å²) in [6.45, 7) is 0.343. The van der Waals surface area contributed by atoms with Crippen LogP contribution >= 0.6 is 15.9 Å². The van der Waals surface area contributed by atoms with Crippen LogP contribution in [0.1, 0.15) is 30.7 Å². The Morgan fingerprint density at radius 1 is 1.06 bits per heavy atom. The fourth-order valence-corrected chi connectivity index (χ4v) is 6.06. The molecule has 0 spiro atoms. The van der Waals surface area contributed by atoms with Crippen LogP contribution in [0.3, 0.4) is 0 Å². The number of benzene rings is 2. The third-order valence-corrected chi connectivity index (χ3v) is 9.50. The maximum absolute atomic E-state index is 12.9. The number of hydrogen-bond donors (Lipinski definition) is 1. The first-order chi connectivity index (χ1) is 16.8. The van der Waals surface area contributed by atoms with Crippen LogP contribution in [0.2, 0.25) is 0 Å². The monoisotopic (exact) mass is 597 g/mol. The number of rotatable bonds is 10. The van der Waals surface area contributed by atoms with Crippen molar-refractivity contribution in [2.24, 2.45) is 0 Å². The normalized spacial score (nSPS) is 15.5. The average molecular weight is 599 g/mol. The number of anilines is 1. The van der Waals surface area contributed by atoms with E-state index < -0.39 is 20.0 Å². The zero-order chi connectivity index (χ0) is 26.4. The van der Waals surface area contributed by atoms with E-state index in [4.69, 9.17) is 0 Å². The molecule has 0 atom stereocenters. The molecule has 12 heteroatoms. The molecule has 0 aromatic heterocycles. The molecule has 4 rings (SSSR count). The minimum Gasteiger partial charge on any atom is -0.350 e. The Kier molecular flexibility index (Phi) is 7.35. The fraction of sp³-hybridized carbons (Fsp3) is 0.417. The zero-order valence-corrected chi connectivity index (χ0v) is 23.9. The molecule has 2 aromatic carbocycles. The van der Waals surface area contributed by atoms with Crippen LogP contribution in [0, 0.1) is 0 Å². The number of amides is 1. The molecule has 2 aliphatic rings. The summed E-state index contributed by atoms with van der Waals surface area (Å²) in [7, 11) is -3.95. The summed E-state index contributed by atoms with van der Waals surface area (Å²) in [6, 6.07) is 11.3. The summed E-state index contributed by atoms with van der Waals surface area (Å²) in [6.07, 6.45) is 4.53. The first kappa shape index (κ1) is 26.8. The van der Waals surface area contributed by atoms with Gasteiger partial charge in [-0.3, -0.25) is 9.10 Å². The summed E-state index contributed by atoms with van der Waals surface area (Å²) in [5.41, 5.74) is 2.78. The molecule has 36 heavy (non-hydrogen) atoms. The van der Waals surface area contributed by atoms with Gasteiger partial charge in [0.1, 0.15) is 5.22 Å². The molecule has 1 fully saturated rings. The maximum Gasteiger partial charge on any atom is 0.317 e. The lowest BCUT2D eigenvalue weighted by Gasteiger charge is -2.26. The first-order valence-electron chi connectivity index (χ1n) is 11.5. The van der Waals surface area contributed by atoms with Crippen LogP contribution in [0.25, 0.3) is 5.70 Å². The zero-order valence-electron chi connectivity index (χ0n) is 20.7. The van der Waals surface area contributed by atoms with Gasteiger partial charge in [-0.05, 0) is 48.9 Å². The van der Waals surface area contributed by atoms with Gasteiger partial charge in [0.25, 0.3) is 5.70 Å². The number of halogens is 1. The first-order valence-corrected chi connectivity index (χ1v) is 16.0. The number of carbonyl (C=O) groups excluding carboxylic acids is 1. The van der Waals surface area contributed by atoms with Gasteiger partial charge in [-0.15, -0.1) is 4.58 Å². The lowest BCUT2D eigenvalue weighted by molar-refractivity contribution is -0.115. The Bertz CT molecular complexity index is 1550. The molecule has 1 saturated carbocycles. The van der Waals surface area contributed by atoms with Crippen molar-refractivity contribution < 1.29 is 21.6 Å². The molecule has 0 saturated heterocycles. The van der Waals surface area contributed by atoms with E-state index in [1.165, 1.54) is 15.7 Å². The molecule has 1 amide bonds. The topological polar surface area (TPSA) is 107 Å². The van der Waals surface area contributed by atoms with Gasteiger partial charge in [0.15, 0.2) is 0 Å². The van der Waals surface area contributed by atoms with Crippen molar-refractivity contribution in [1.29, 1.82) is 0 Å². The Labute approximate surface area is 220 Å². The molecule has 2 aromatic rings. The van der Waals surface area contributed by atoms with Crippen molar-refractivity contribution in [2.75, 3.05) is 44.0 Å². The van der Waals surface area contributed by atoms with Crippen molar-refractivity contribution in [2.45, 2.75) is 25.2 Å². The van der Waals surface area contributed by atoms with Crippen LogP contribution in [0.15, 0.2) is 40.9 Å². The summed E-state index contributed by atoms with van der Waals surface area (Å²) in [4.78, 5) is 12.8. The lowest BCUT2D eigenvalue weighted by Crippen LogP contribution is -2.54. The van der Waals surface area contributed by atoms with Gasteiger partial charge in [-0.1, -0.05) is 15.9 Å². The quantitative estimate of drug-likeness (QED) is 0.412. The third-order valence-electron chi connectivity index (χ3n) is 6.48. The van der Waals surface area contributed by atoms with E-state index in [-0.39, 0.29) is 24.9 Å². The smallest absolute Gasteiger partial charge is 0.317 e. The van der Waals surface area contributed by atoms with Gasteiger partial charge in [-0.2, -0.15) is 0 Å². The molecule has 1 heterocycles. The molecule has 1 aliphatic heterocycles. The minimum absolute atomic E-state index is 0.140. The van der Waals surface area contributed by atoms with Crippen molar-refractivity contribution >= 4 is 59.0 Å². The van der Waals surface area contributed by atoms with Crippen LogP contribution in [-0.4, -0.2) is 66.7 Å². The van der Waals surface area contributed by atoms with Gasteiger partial charge >= 0.3 is 5.91 Å². The summed E-state index contributed by atoms with van der Waals surface area (Å²) >= 11 is 3.44. The van der Waals surface area contributed by atoms with Crippen LogP contribution < -0.4 is 24.8 Å². The molecule has 1 aliphatic carbocycles. The van der Waals surface area contributed by atoms with Gasteiger partial charge in [-0.25, -0.2) is 21.1 Å². The molecule has 0 bridgehead atoms. The highest BCUT2D eigenvalue weighted by molar-refractivity contribution is 9.10. The molecule has 194 valence electrons. The molecule has 1 N–H and O–H groups in total. The van der Waals surface area contributed by atoms with Crippen molar-refractivity contribution in [3.63, 3.8) is 0 Å².